The van der Waals surface area contributed by atoms with Crippen molar-refractivity contribution in [2.24, 2.45) is 5.92 Å². The van der Waals surface area contributed by atoms with Gasteiger partial charge in [0.15, 0.2) is 0 Å². The maximum Gasteiger partial charge on any atom is 0.235 e. The lowest BCUT2D eigenvalue weighted by Crippen LogP contribution is -2.17. The average Bonchev–Trinajstić information content (AvgIpc) is 3.63. The Morgan fingerprint density at radius 2 is 1.93 bits per heavy atom. The lowest BCUT2D eigenvalue weighted by molar-refractivity contribution is -0.119. The summed E-state index contributed by atoms with van der Waals surface area (Å²) >= 11 is 0. The van der Waals surface area contributed by atoms with Gasteiger partial charge in [0.05, 0.1) is 10.9 Å². The number of pyridine rings is 1. The fourth-order valence-corrected chi connectivity index (χ4v) is 5.55. The predicted molar refractivity (Wildman–Crippen MR) is 119 cm³/mol. The van der Waals surface area contributed by atoms with Gasteiger partial charge in [-0.15, -0.1) is 0 Å². The molecule has 0 saturated heterocycles. The van der Waals surface area contributed by atoms with Gasteiger partial charge in [-0.3, -0.25) is 14.5 Å². The zero-order chi connectivity index (χ0) is 20.9. The topological polar surface area (TPSA) is 76.1 Å². The van der Waals surface area contributed by atoms with Crippen molar-refractivity contribution in [1.82, 2.24) is 4.98 Å². The second-order valence-electron chi connectivity index (χ2n) is 8.62. The summed E-state index contributed by atoms with van der Waals surface area (Å²) in [4.78, 5) is 17.1. The molecule has 1 heterocycles. The first-order chi connectivity index (χ1) is 14.4. The number of rotatable bonds is 8. The number of ketones is 1. The highest BCUT2D eigenvalue weighted by Gasteiger charge is 2.35. The number of Topliss-reactive ketones (excluding diaryl/α,β-unsaturated/α-hetero) is 1. The number of anilines is 1. The van der Waals surface area contributed by atoms with Gasteiger partial charge in [0, 0.05) is 35.7 Å². The Bertz CT molecular complexity index is 1160. The third-order valence-corrected chi connectivity index (χ3v) is 8.04. The fourth-order valence-electron chi connectivity index (χ4n) is 4.18. The van der Waals surface area contributed by atoms with Crippen LogP contribution in [0.3, 0.4) is 0 Å². The summed E-state index contributed by atoms with van der Waals surface area (Å²) in [6.07, 6.45) is 9.68. The molecule has 0 radical (unpaired) electrons. The van der Waals surface area contributed by atoms with Crippen molar-refractivity contribution in [2.45, 2.75) is 57.1 Å². The van der Waals surface area contributed by atoms with Crippen LogP contribution in [0.1, 0.15) is 55.1 Å². The molecule has 5 rings (SSSR count). The molecular formula is C24H26N2O3S. The van der Waals surface area contributed by atoms with E-state index in [9.17, 15) is 13.2 Å². The normalized spacial score (nSPS) is 17.8. The molecule has 0 amide bonds. The minimum Gasteiger partial charge on any atom is -0.299 e. The van der Waals surface area contributed by atoms with E-state index in [0.717, 1.165) is 72.2 Å². The molecule has 2 saturated carbocycles. The van der Waals surface area contributed by atoms with Crippen LogP contribution in [-0.4, -0.2) is 24.4 Å². The van der Waals surface area contributed by atoms with Crippen LogP contribution in [0.15, 0.2) is 30.3 Å². The molecule has 2 aromatic rings. The zero-order valence-electron chi connectivity index (χ0n) is 17.1. The molecule has 1 aromatic carbocycles. The highest BCUT2D eigenvalue weighted by molar-refractivity contribution is 7.93. The Balaban J connectivity index is 1.51. The summed E-state index contributed by atoms with van der Waals surface area (Å²) in [7, 11) is -3.28. The van der Waals surface area contributed by atoms with E-state index < -0.39 is 10.0 Å². The standard InChI is InChI=1S/C24H26N2O3S/c1-2-15-12-17(26-30(28,29)19-9-10-19)8-11-20(15)22-13-18(14-24(27)16-6-7-16)25-23-5-3-4-21(22)23/h3-4,8,11-13,16,19,26H,2,5-7,9-10,14H2,1H3. The van der Waals surface area contributed by atoms with Crippen molar-refractivity contribution >= 4 is 27.6 Å². The summed E-state index contributed by atoms with van der Waals surface area (Å²) in [6.45, 7) is 2.08. The number of aryl methyl sites for hydroxylation is 1. The van der Waals surface area contributed by atoms with Crippen LogP contribution < -0.4 is 4.72 Å². The Morgan fingerprint density at radius 1 is 1.13 bits per heavy atom. The smallest absolute Gasteiger partial charge is 0.235 e. The van der Waals surface area contributed by atoms with Crippen molar-refractivity contribution < 1.29 is 13.2 Å². The van der Waals surface area contributed by atoms with E-state index in [2.05, 4.69) is 29.9 Å². The summed E-state index contributed by atoms with van der Waals surface area (Å²) in [5.41, 5.74) is 6.83. The van der Waals surface area contributed by atoms with Crippen molar-refractivity contribution in [2.75, 3.05) is 4.72 Å². The van der Waals surface area contributed by atoms with E-state index >= 15 is 0 Å². The molecule has 0 bridgehead atoms. The number of carbonyl (C=O) groups excluding carboxylic acids is 1. The number of nitrogens with one attached hydrogen (secondary N) is 1. The van der Waals surface area contributed by atoms with E-state index in [4.69, 9.17) is 4.98 Å². The van der Waals surface area contributed by atoms with Crippen LogP contribution in [-0.2, 0) is 34.1 Å². The number of benzene rings is 1. The first kappa shape index (κ1) is 19.5. The van der Waals surface area contributed by atoms with Gasteiger partial charge in [0.25, 0.3) is 0 Å². The summed E-state index contributed by atoms with van der Waals surface area (Å²) in [6, 6.07) is 7.83. The third kappa shape index (κ3) is 3.81. The van der Waals surface area contributed by atoms with Crippen molar-refractivity contribution in [3.8, 4) is 11.1 Å². The van der Waals surface area contributed by atoms with Gasteiger partial charge in [-0.2, -0.15) is 0 Å². The van der Waals surface area contributed by atoms with Crippen LogP contribution in [0.5, 0.6) is 0 Å². The Labute approximate surface area is 177 Å². The Hall–Kier alpha value is -2.47. The van der Waals surface area contributed by atoms with Crippen molar-refractivity contribution in [3.05, 3.63) is 52.9 Å². The van der Waals surface area contributed by atoms with Gasteiger partial charge in [-0.05, 0) is 67.0 Å². The average molecular weight is 423 g/mol. The molecule has 1 aromatic heterocycles. The largest absolute Gasteiger partial charge is 0.299 e. The van der Waals surface area contributed by atoms with E-state index in [1.807, 2.05) is 18.2 Å². The van der Waals surface area contributed by atoms with Crippen molar-refractivity contribution in [1.29, 1.82) is 0 Å². The SMILES string of the molecule is CCc1cc(NS(=O)(=O)C2CC2)ccc1-c1cc(CC(=O)C2CC2)nc2c1C=CC2. The molecule has 0 aliphatic heterocycles. The highest BCUT2D eigenvalue weighted by atomic mass is 32.2. The molecule has 3 aliphatic carbocycles. The van der Waals surface area contributed by atoms with Gasteiger partial charge in [-0.1, -0.05) is 25.1 Å². The van der Waals surface area contributed by atoms with Crippen molar-refractivity contribution in [3.63, 3.8) is 0 Å². The number of fused-ring (bicyclic) bond motifs is 1. The number of carbonyl (C=O) groups is 1. The molecule has 1 N–H and O–H groups in total. The van der Waals surface area contributed by atoms with Crippen LogP contribution in [0, 0.1) is 5.92 Å². The third-order valence-electron chi connectivity index (χ3n) is 6.17. The van der Waals surface area contributed by atoms with Gasteiger partial charge >= 0.3 is 0 Å². The lowest BCUT2D eigenvalue weighted by Gasteiger charge is -2.16. The summed E-state index contributed by atoms with van der Waals surface area (Å²) in [5, 5.41) is -0.248. The molecule has 0 spiro atoms. The molecule has 3 aliphatic rings. The van der Waals surface area contributed by atoms with E-state index in [1.54, 1.807) is 0 Å². The Kier molecular flexibility index (Phi) is 4.77. The molecular weight excluding hydrogens is 396 g/mol. The zero-order valence-corrected chi connectivity index (χ0v) is 18.0. The lowest BCUT2D eigenvalue weighted by atomic mass is 9.93. The first-order valence-corrected chi connectivity index (χ1v) is 12.4. The first-order valence-electron chi connectivity index (χ1n) is 10.8. The summed E-state index contributed by atoms with van der Waals surface area (Å²) in [5.74, 6) is 0.520. The maximum absolute atomic E-state index is 12.4. The fraction of sp³-hybridized carbons (Fsp3) is 0.417. The summed E-state index contributed by atoms with van der Waals surface area (Å²) < 4.78 is 27.4. The Morgan fingerprint density at radius 3 is 2.63 bits per heavy atom. The molecule has 30 heavy (non-hydrogen) atoms. The van der Waals surface area contributed by atoms with E-state index in [-0.39, 0.29) is 11.2 Å². The number of nitrogens with zero attached hydrogens (tertiary/aromatic N) is 1. The number of hydrogen-bond donors (Lipinski definition) is 1. The van der Waals surface area contributed by atoms with E-state index in [1.165, 1.54) is 0 Å². The minimum absolute atomic E-state index is 0.228. The predicted octanol–water partition coefficient (Wildman–Crippen LogP) is 4.31. The second kappa shape index (κ2) is 7.34. The molecule has 156 valence electrons. The monoisotopic (exact) mass is 422 g/mol. The van der Waals surface area contributed by atoms with Gasteiger partial charge in [0.1, 0.15) is 5.78 Å². The second-order valence-corrected chi connectivity index (χ2v) is 10.6. The van der Waals surface area contributed by atoms with Crippen LogP contribution >= 0.6 is 0 Å². The maximum atomic E-state index is 12.4. The van der Waals surface area contributed by atoms with Crippen LogP contribution in [0.2, 0.25) is 0 Å². The van der Waals surface area contributed by atoms with E-state index in [0.29, 0.717) is 17.9 Å². The molecule has 0 unspecified atom stereocenters. The molecule has 6 heteroatoms. The number of hydrogen-bond acceptors (Lipinski definition) is 4. The molecule has 5 nitrogen and oxygen atoms in total. The van der Waals surface area contributed by atoms with Crippen LogP contribution in [0.4, 0.5) is 5.69 Å². The van der Waals surface area contributed by atoms with Gasteiger partial charge in [0.2, 0.25) is 10.0 Å². The van der Waals surface area contributed by atoms with Crippen LogP contribution in [0.25, 0.3) is 17.2 Å². The number of sulfonamides is 1. The minimum atomic E-state index is -3.28. The quantitative estimate of drug-likeness (QED) is 0.688. The highest BCUT2D eigenvalue weighted by Crippen LogP contribution is 2.37. The van der Waals surface area contributed by atoms with Gasteiger partial charge < -0.3 is 0 Å². The number of allylic oxidation sites excluding steroid dienone is 1. The van der Waals surface area contributed by atoms with Gasteiger partial charge in [-0.25, -0.2) is 8.42 Å². The molecule has 0 atom stereocenters. The number of aromatic nitrogens is 1. The molecule has 2 fully saturated rings.